The largest absolute Gasteiger partial charge is 0.493 e. The minimum absolute atomic E-state index is 0.190. The Morgan fingerprint density at radius 3 is 2.69 bits per heavy atom. The van der Waals surface area contributed by atoms with Crippen molar-refractivity contribution in [3.63, 3.8) is 0 Å². The molecule has 0 aliphatic carbocycles. The SMILES string of the molecule is COc1cc(C(=O)OCc2nc3ccccc3c(=O)[nH]2)cc(Cl)c1OC. The molecule has 0 fully saturated rings. The Bertz CT molecular complexity index is 1030. The van der Waals surface area contributed by atoms with Gasteiger partial charge in [-0.15, -0.1) is 0 Å². The Morgan fingerprint density at radius 1 is 1.19 bits per heavy atom. The Kier molecular flexibility index (Phi) is 5.09. The number of methoxy groups -OCH3 is 2. The average molecular weight is 375 g/mol. The molecule has 1 heterocycles. The van der Waals surface area contributed by atoms with Crippen LogP contribution in [-0.4, -0.2) is 30.2 Å². The van der Waals surface area contributed by atoms with E-state index in [2.05, 4.69) is 9.97 Å². The van der Waals surface area contributed by atoms with E-state index in [1.54, 1.807) is 24.3 Å². The third-order valence-corrected chi connectivity index (χ3v) is 3.95. The molecule has 0 bridgehead atoms. The number of ether oxygens (including phenoxy) is 3. The first-order valence-corrected chi connectivity index (χ1v) is 7.98. The molecule has 8 heteroatoms. The number of nitrogens with zero attached hydrogens (tertiary/aromatic N) is 1. The van der Waals surface area contributed by atoms with E-state index in [0.29, 0.717) is 22.4 Å². The van der Waals surface area contributed by atoms with Crippen LogP contribution in [0.25, 0.3) is 10.9 Å². The van der Waals surface area contributed by atoms with Crippen LogP contribution in [0.15, 0.2) is 41.2 Å². The van der Waals surface area contributed by atoms with Crippen molar-refractivity contribution in [1.29, 1.82) is 0 Å². The van der Waals surface area contributed by atoms with Crippen LogP contribution >= 0.6 is 11.6 Å². The second-order valence-electron chi connectivity index (χ2n) is 5.30. The fourth-order valence-corrected chi connectivity index (χ4v) is 2.74. The maximum atomic E-state index is 12.3. The lowest BCUT2D eigenvalue weighted by Gasteiger charge is -2.11. The van der Waals surface area contributed by atoms with Gasteiger partial charge in [-0.05, 0) is 24.3 Å². The first-order valence-electron chi connectivity index (χ1n) is 7.60. The number of hydrogen-bond acceptors (Lipinski definition) is 6. The number of fused-ring (bicyclic) bond motifs is 1. The predicted molar refractivity (Wildman–Crippen MR) is 96.0 cm³/mol. The second kappa shape index (κ2) is 7.45. The van der Waals surface area contributed by atoms with E-state index >= 15 is 0 Å². The van der Waals surface area contributed by atoms with Crippen LogP contribution in [0.2, 0.25) is 5.02 Å². The number of aromatic nitrogens is 2. The van der Waals surface area contributed by atoms with E-state index in [-0.39, 0.29) is 28.6 Å². The van der Waals surface area contributed by atoms with Crippen LogP contribution < -0.4 is 15.0 Å². The summed E-state index contributed by atoms with van der Waals surface area (Å²) in [6, 6.07) is 9.79. The predicted octanol–water partition coefficient (Wildman–Crippen LogP) is 2.95. The van der Waals surface area contributed by atoms with Gasteiger partial charge in [-0.2, -0.15) is 0 Å². The van der Waals surface area contributed by atoms with Gasteiger partial charge in [0.1, 0.15) is 12.4 Å². The molecule has 0 saturated carbocycles. The number of carbonyl (C=O) groups is 1. The van der Waals surface area contributed by atoms with Crippen LogP contribution in [0.4, 0.5) is 0 Å². The molecule has 0 aliphatic rings. The zero-order chi connectivity index (χ0) is 18.7. The van der Waals surface area contributed by atoms with Gasteiger partial charge in [0.15, 0.2) is 11.5 Å². The van der Waals surface area contributed by atoms with Gasteiger partial charge in [0.25, 0.3) is 5.56 Å². The number of nitrogens with one attached hydrogen (secondary N) is 1. The first-order chi connectivity index (χ1) is 12.5. The molecule has 0 atom stereocenters. The molecule has 0 radical (unpaired) electrons. The lowest BCUT2D eigenvalue weighted by Crippen LogP contribution is -2.14. The smallest absolute Gasteiger partial charge is 0.338 e. The molecule has 0 unspecified atom stereocenters. The molecule has 0 spiro atoms. The van der Waals surface area contributed by atoms with Crippen molar-refractivity contribution in [3.8, 4) is 11.5 Å². The van der Waals surface area contributed by atoms with Crippen molar-refractivity contribution < 1.29 is 19.0 Å². The van der Waals surface area contributed by atoms with Crippen molar-refractivity contribution in [1.82, 2.24) is 9.97 Å². The Morgan fingerprint density at radius 2 is 1.96 bits per heavy atom. The summed E-state index contributed by atoms with van der Waals surface area (Å²) in [5.74, 6) is 0.243. The quantitative estimate of drug-likeness (QED) is 0.690. The highest BCUT2D eigenvalue weighted by Crippen LogP contribution is 2.36. The molecule has 0 amide bonds. The van der Waals surface area contributed by atoms with Crippen molar-refractivity contribution in [3.05, 3.63) is 63.2 Å². The number of rotatable bonds is 5. The normalized spacial score (nSPS) is 10.6. The van der Waals surface area contributed by atoms with Crippen LogP contribution in [0, 0.1) is 0 Å². The number of hydrogen-bond donors (Lipinski definition) is 1. The second-order valence-corrected chi connectivity index (χ2v) is 5.71. The Balaban J connectivity index is 1.81. The summed E-state index contributed by atoms with van der Waals surface area (Å²) in [5.41, 5.74) is 0.419. The van der Waals surface area contributed by atoms with Crippen LogP contribution in [-0.2, 0) is 11.3 Å². The van der Waals surface area contributed by atoms with E-state index in [1.807, 2.05) is 0 Å². The van der Waals surface area contributed by atoms with Crippen molar-refractivity contribution in [2.75, 3.05) is 14.2 Å². The number of benzene rings is 2. The molecule has 26 heavy (non-hydrogen) atoms. The molecule has 1 aromatic heterocycles. The molecule has 0 aliphatic heterocycles. The van der Waals surface area contributed by atoms with Crippen LogP contribution in [0.1, 0.15) is 16.2 Å². The molecule has 1 N–H and O–H groups in total. The molecule has 7 nitrogen and oxygen atoms in total. The van der Waals surface area contributed by atoms with Crippen molar-refractivity contribution in [2.24, 2.45) is 0 Å². The van der Waals surface area contributed by atoms with E-state index < -0.39 is 5.97 Å². The summed E-state index contributed by atoms with van der Waals surface area (Å²) < 4.78 is 15.5. The fraction of sp³-hybridized carbons (Fsp3) is 0.167. The maximum Gasteiger partial charge on any atom is 0.338 e. The zero-order valence-electron chi connectivity index (χ0n) is 14.0. The van der Waals surface area contributed by atoms with Gasteiger partial charge in [-0.1, -0.05) is 23.7 Å². The lowest BCUT2D eigenvalue weighted by atomic mass is 10.2. The minimum Gasteiger partial charge on any atom is -0.493 e. The molecule has 0 saturated heterocycles. The topological polar surface area (TPSA) is 90.5 Å². The maximum absolute atomic E-state index is 12.3. The van der Waals surface area contributed by atoms with Gasteiger partial charge in [0, 0.05) is 0 Å². The van der Waals surface area contributed by atoms with Gasteiger partial charge in [-0.25, -0.2) is 9.78 Å². The van der Waals surface area contributed by atoms with Crippen LogP contribution in [0.5, 0.6) is 11.5 Å². The summed E-state index contributed by atoms with van der Waals surface area (Å²) in [6.45, 7) is -0.190. The third kappa shape index (κ3) is 3.48. The molecular formula is C18H15ClN2O5. The summed E-state index contributed by atoms with van der Waals surface area (Å²) in [6.07, 6.45) is 0. The standard InChI is InChI=1S/C18H15ClN2O5/c1-24-14-8-10(7-12(19)16(14)25-2)18(23)26-9-15-20-13-6-4-3-5-11(13)17(22)21-15/h3-8H,9H2,1-2H3,(H,20,21,22). The molecule has 2 aromatic carbocycles. The Labute approximate surface area is 153 Å². The summed E-state index contributed by atoms with van der Waals surface area (Å²) in [5, 5.41) is 0.685. The van der Waals surface area contributed by atoms with Gasteiger partial charge in [-0.3, -0.25) is 4.79 Å². The first kappa shape index (κ1) is 17.8. The number of para-hydroxylation sites is 1. The van der Waals surface area contributed by atoms with E-state index in [9.17, 15) is 9.59 Å². The number of aromatic amines is 1. The van der Waals surface area contributed by atoms with Crippen molar-refractivity contribution >= 4 is 28.5 Å². The number of H-pyrrole nitrogens is 1. The summed E-state index contributed by atoms with van der Waals surface area (Å²) >= 11 is 6.09. The van der Waals surface area contributed by atoms with Crippen molar-refractivity contribution in [2.45, 2.75) is 6.61 Å². The number of esters is 1. The van der Waals surface area contributed by atoms with Gasteiger partial charge in [0.2, 0.25) is 0 Å². The summed E-state index contributed by atoms with van der Waals surface area (Å²) in [7, 11) is 2.89. The van der Waals surface area contributed by atoms with E-state index in [4.69, 9.17) is 25.8 Å². The molecular weight excluding hydrogens is 360 g/mol. The van der Waals surface area contributed by atoms with Gasteiger partial charge >= 0.3 is 5.97 Å². The van der Waals surface area contributed by atoms with Gasteiger partial charge < -0.3 is 19.2 Å². The lowest BCUT2D eigenvalue weighted by molar-refractivity contribution is 0.0462. The van der Waals surface area contributed by atoms with Gasteiger partial charge in [0.05, 0.1) is 35.7 Å². The highest BCUT2D eigenvalue weighted by molar-refractivity contribution is 6.32. The summed E-state index contributed by atoms with van der Waals surface area (Å²) in [4.78, 5) is 31.2. The zero-order valence-corrected chi connectivity index (χ0v) is 14.8. The van der Waals surface area contributed by atoms with E-state index in [0.717, 1.165) is 0 Å². The highest BCUT2D eigenvalue weighted by atomic mass is 35.5. The highest BCUT2D eigenvalue weighted by Gasteiger charge is 2.16. The fourth-order valence-electron chi connectivity index (χ4n) is 2.46. The minimum atomic E-state index is -0.635. The molecule has 3 aromatic rings. The molecule has 134 valence electrons. The number of carbonyl (C=O) groups excluding carboxylic acids is 1. The third-order valence-electron chi connectivity index (χ3n) is 3.67. The van der Waals surface area contributed by atoms with Crippen LogP contribution in [0.3, 0.4) is 0 Å². The number of halogens is 1. The Hall–Kier alpha value is -3.06. The average Bonchev–Trinajstić information content (AvgIpc) is 2.65. The van der Waals surface area contributed by atoms with E-state index in [1.165, 1.54) is 26.4 Å². The molecule has 3 rings (SSSR count). The monoisotopic (exact) mass is 374 g/mol.